The summed E-state index contributed by atoms with van der Waals surface area (Å²) in [5.41, 5.74) is 2.03. The van der Waals surface area contributed by atoms with Crippen LogP contribution in [0.5, 0.6) is 0 Å². The van der Waals surface area contributed by atoms with Crippen molar-refractivity contribution in [2.75, 3.05) is 11.4 Å². The van der Waals surface area contributed by atoms with Crippen molar-refractivity contribution in [2.45, 2.75) is 54.1 Å². The number of halogens is 1. The second-order valence-corrected chi connectivity index (χ2v) is 6.39. The number of aryl methyl sites for hydroxylation is 1. The third-order valence-corrected chi connectivity index (χ3v) is 2.74. The minimum absolute atomic E-state index is 0.397. The van der Waals surface area contributed by atoms with Crippen molar-refractivity contribution in [3.63, 3.8) is 0 Å². The van der Waals surface area contributed by atoms with Gasteiger partial charge in [-0.2, -0.15) is 0 Å². The van der Waals surface area contributed by atoms with E-state index in [0.717, 1.165) is 16.8 Å². The first kappa shape index (κ1) is 20.5. The third-order valence-electron chi connectivity index (χ3n) is 2.50. The number of carbonyl (C=O) groups excluding carboxylic acids is 1. The number of nitrogens with zero attached hydrogens (tertiary/aromatic N) is 1. The molecule has 22 heavy (non-hydrogen) atoms. The van der Waals surface area contributed by atoms with Crippen molar-refractivity contribution in [2.24, 2.45) is 0 Å². The molecule has 124 valence electrons. The van der Waals surface area contributed by atoms with E-state index in [4.69, 9.17) is 16.3 Å². The lowest BCUT2D eigenvalue weighted by atomic mass is 10.1. The Labute approximate surface area is 139 Å². The Hall–Kier alpha value is -1.48. The maximum Gasteiger partial charge on any atom is 0.415 e. The van der Waals surface area contributed by atoms with Crippen molar-refractivity contribution >= 4 is 23.4 Å². The molecule has 0 aliphatic carbocycles. The fraction of sp³-hybridized carbons (Fsp3) is 0.500. The Morgan fingerprint density at radius 3 is 2.32 bits per heavy atom. The zero-order valence-electron chi connectivity index (χ0n) is 14.8. The van der Waals surface area contributed by atoms with E-state index < -0.39 is 11.7 Å². The Morgan fingerprint density at radius 2 is 1.86 bits per heavy atom. The molecule has 0 radical (unpaired) electrons. The van der Waals surface area contributed by atoms with Gasteiger partial charge < -0.3 is 4.74 Å². The molecule has 0 unspecified atom stereocenters. The van der Waals surface area contributed by atoms with Gasteiger partial charge in [-0.15, -0.1) is 0 Å². The highest BCUT2D eigenvalue weighted by Crippen LogP contribution is 2.26. The summed E-state index contributed by atoms with van der Waals surface area (Å²) in [6, 6.07) is 5.45. The number of carbonyl (C=O) groups is 1. The lowest BCUT2D eigenvalue weighted by molar-refractivity contribution is 0.0583. The minimum Gasteiger partial charge on any atom is -0.443 e. The summed E-state index contributed by atoms with van der Waals surface area (Å²) in [7, 11) is 0. The average Bonchev–Trinajstić information content (AvgIpc) is 2.39. The summed E-state index contributed by atoms with van der Waals surface area (Å²) < 4.78 is 5.45. The van der Waals surface area contributed by atoms with Crippen molar-refractivity contribution in [1.82, 2.24) is 0 Å². The Bertz CT molecular complexity index is 518. The molecule has 0 bridgehead atoms. The smallest absolute Gasteiger partial charge is 0.415 e. The fourth-order valence-corrected chi connectivity index (χ4v) is 1.87. The van der Waals surface area contributed by atoms with E-state index in [1.807, 2.05) is 54.5 Å². The molecule has 4 heteroatoms. The number of hydrogen-bond donors (Lipinski definition) is 0. The summed E-state index contributed by atoms with van der Waals surface area (Å²) in [6.07, 6.45) is -0.397. The molecule has 0 saturated carbocycles. The second-order valence-electron chi connectivity index (χ2n) is 5.95. The van der Waals surface area contributed by atoms with E-state index >= 15 is 0 Å². The molecule has 0 spiro atoms. The molecule has 1 rings (SSSR count). The van der Waals surface area contributed by atoms with Crippen LogP contribution in [0.25, 0.3) is 0 Å². The lowest BCUT2D eigenvalue weighted by Crippen LogP contribution is -2.38. The molecule has 1 aromatic carbocycles. The monoisotopic (exact) mass is 325 g/mol. The predicted molar refractivity (Wildman–Crippen MR) is 95.9 cm³/mol. The summed E-state index contributed by atoms with van der Waals surface area (Å²) in [4.78, 5) is 13.9. The van der Waals surface area contributed by atoms with Crippen molar-refractivity contribution in [3.05, 3.63) is 40.9 Å². The zero-order valence-corrected chi connectivity index (χ0v) is 15.5. The van der Waals surface area contributed by atoms with Gasteiger partial charge in [0.1, 0.15) is 5.60 Å². The van der Waals surface area contributed by atoms with Gasteiger partial charge in [-0.3, -0.25) is 4.90 Å². The number of benzene rings is 1. The third kappa shape index (κ3) is 6.99. The number of amides is 1. The first-order valence-corrected chi connectivity index (χ1v) is 7.89. The van der Waals surface area contributed by atoms with E-state index in [1.54, 1.807) is 17.0 Å². The SMILES string of the molecule is C=C(C)CN(C(=O)OC(C)(C)C)c1cc(Cl)ccc1C.CC. The molecule has 0 aromatic heterocycles. The average molecular weight is 326 g/mol. The molecule has 0 saturated heterocycles. The number of hydrogen-bond acceptors (Lipinski definition) is 2. The van der Waals surface area contributed by atoms with E-state index in [0.29, 0.717) is 11.6 Å². The van der Waals surface area contributed by atoms with Crippen LogP contribution in [0.2, 0.25) is 5.02 Å². The van der Waals surface area contributed by atoms with E-state index in [1.165, 1.54) is 0 Å². The van der Waals surface area contributed by atoms with Crippen LogP contribution in [0.4, 0.5) is 10.5 Å². The van der Waals surface area contributed by atoms with Crippen LogP contribution in [0.15, 0.2) is 30.4 Å². The molecule has 1 aromatic rings. The van der Waals surface area contributed by atoms with E-state index in [-0.39, 0.29) is 0 Å². The van der Waals surface area contributed by atoms with Gasteiger partial charge in [0, 0.05) is 11.6 Å². The van der Waals surface area contributed by atoms with Gasteiger partial charge in [0.05, 0.1) is 5.69 Å². The van der Waals surface area contributed by atoms with Crippen LogP contribution in [-0.2, 0) is 4.74 Å². The highest BCUT2D eigenvalue weighted by Gasteiger charge is 2.24. The predicted octanol–water partition coefficient (Wildman–Crippen LogP) is 5.99. The van der Waals surface area contributed by atoms with Gasteiger partial charge in [0.25, 0.3) is 0 Å². The maximum atomic E-state index is 12.4. The van der Waals surface area contributed by atoms with E-state index in [2.05, 4.69) is 6.58 Å². The van der Waals surface area contributed by atoms with Crippen LogP contribution in [0.1, 0.15) is 47.1 Å². The Kier molecular flexibility index (Phi) is 8.25. The Morgan fingerprint density at radius 1 is 1.32 bits per heavy atom. The lowest BCUT2D eigenvalue weighted by Gasteiger charge is -2.28. The largest absolute Gasteiger partial charge is 0.443 e. The van der Waals surface area contributed by atoms with Gasteiger partial charge in [-0.25, -0.2) is 4.79 Å². The highest BCUT2D eigenvalue weighted by atomic mass is 35.5. The fourth-order valence-electron chi connectivity index (χ4n) is 1.71. The summed E-state index contributed by atoms with van der Waals surface area (Å²) >= 11 is 6.03. The van der Waals surface area contributed by atoms with Gasteiger partial charge in [0.2, 0.25) is 0 Å². The zero-order chi connectivity index (χ0) is 17.5. The number of rotatable bonds is 3. The molecule has 0 fully saturated rings. The quantitative estimate of drug-likeness (QED) is 0.638. The normalized spacial score (nSPS) is 10.4. The van der Waals surface area contributed by atoms with Gasteiger partial charge in [-0.05, 0) is 52.3 Å². The summed E-state index contributed by atoms with van der Waals surface area (Å²) in [5.74, 6) is 0. The van der Waals surface area contributed by atoms with Crippen molar-refractivity contribution in [1.29, 1.82) is 0 Å². The number of ether oxygens (including phenoxy) is 1. The van der Waals surface area contributed by atoms with Crippen LogP contribution in [0, 0.1) is 6.92 Å². The molecular formula is C18H28ClNO2. The summed E-state index contributed by atoms with van der Waals surface area (Å²) in [5, 5.41) is 0.584. The first-order chi connectivity index (χ1) is 10.1. The molecule has 3 nitrogen and oxygen atoms in total. The maximum absolute atomic E-state index is 12.4. The molecule has 0 aliphatic heterocycles. The van der Waals surface area contributed by atoms with Crippen LogP contribution >= 0.6 is 11.6 Å². The van der Waals surface area contributed by atoms with Crippen molar-refractivity contribution < 1.29 is 9.53 Å². The molecule has 0 heterocycles. The van der Waals surface area contributed by atoms with E-state index in [9.17, 15) is 4.79 Å². The topological polar surface area (TPSA) is 29.5 Å². The first-order valence-electron chi connectivity index (χ1n) is 7.51. The minimum atomic E-state index is -0.545. The second kappa shape index (κ2) is 8.84. The molecule has 0 N–H and O–H groups in total. The Balaban J connectivity index is 0.00000211. The van der Waals surface area contributed by atoms with Gasteiger partial charge in [-0.1, -0.05) is 43.7 Å². The molecule has 1 amide bonds. The standard InChI is InChI=1S/C16H22ClNO2.C2H6/c1-11(2)10-18(15(19)20-16(4,5)6)14-9-13(17)8-7-12(14)3;1-2/h7-9H,1,10H2,2-6H3;1-2H3. The summed E-state index contributed by atoms with van der Waals surface area (Å²) in [6.45, 7) is 17.6. The molecule has 0 atom stereocenters. The highest BCUT2D eigenvalue weighted by molar-refractivity contribution is 6.31. The van der Waals surface area contributed by atoms with Crippen LogP contribution in [-0.4, -0.2) is 18.2 Å². The molecular weight excluding hydrogens is 298 g/mol. The number of anilines is 1. The van der Waals surface area contributed by atoms with Crippen molar-refractivity contribution in [3.8, 4) is 0 Å². The van der Waals surface area contributed by atoms with Gasteiger partial charge in [0.15, 0.2) is 0 Å². The van der Waals surface area contributed by atoms with Gasteiger partial charge >= 0.3 is 6.09 Å². The van der Waals surface area contributed by atoms with Crippen LogP contribution < -0.4 is 4.90 Å². The van der Waals surface area contributed by atoms with Crippen LogP contribution in [0.3, 0.4) is 0 Å². The molecule has 0 aliphatic rings.